The van der Waals surface area contributed by atoms with E-state index in [1.165, 1.54) is 14.2 Å². The lowest BCUT2D eigenvalue weighted by atomic mass is 9.79. The van der Waals surface area contributed by atoms with E-state index in [9.17, 15) is 15.0 Å². The Morgan fingerprint density at radius 3 is 2.40 bits per heavy atom. The number of Topliss-reactive ketones (excluding diaryl/α,β-unsaturated/α-hetero) is 1. The molecule has 0 aromatic heterocycles. The Hall–Kier alpha value is -1.95. The normalized spacial score (nSPS) is 23.3. The summed E-state index contributed by atoms with van der Waals surface area (Å²) in [5.74, 6) is 0.999. The highest BCUT2D eigenvalue weighted by molar-refractivity contribution is 5.83. The van der Waals surface area contributed by atoms with Crippen LogP contribution < -0.4 is 9.47 Å². The Morgan fingerprint density at radius 1 is 1.16 bits per heavy atom. The van der Waals surface area contributed by atoms with E-state index < -0.39 is 0 Å². The van der Waals surface area contributed by atoms with Crippen LogP contribution in [0.2, 0.25) is 0 Å². The van der Waals surface area contributed by atoms with Crippen molar-refractivity contribution in [2.45, 2.75) is 39.2 Å². The summed E-state index contributed by atoms with van der Waals surface area (Å²) in [5, 5.41) is 21.3. The predicted octanol–water partition coefficient (Wildman–Crippen LogP) is 2.65. The Bertz CT molecular complexity index is 685. The van der Waals surface area contributed by atoms with Crippen LogP contribution in [0, 0.1) is 11.8 Å². The van der Waals surface area contributed by atoms with Gasteiger partial charge >= 0.3 is 0 Å². The van der Waals surface area contributed by atoms with Crippen molar-refractivity contribution in [3.05, 3.63) is 11.1 Å². The maximum absolute atomic E-state index is 12.6. The van der Waals surface area contributed by atoms with Gasteiger partial charge in [-0.15, -0.1) is 0 Å². The number of benzene rings is 1. The number of phenols is 2. The molecule has 0 aliphatic carbocycles. The van der Waals surface area contributed by atoms with E-state index in [2.05, 4.69) is 18.7 Å². The number of aromatic hydroxyl groups is 2. The molecule has 1 saturated heterocycles. The summed E-state index contributed by atoms with van der Waals surface area (Å²) in [7, 11) is 2.86. The lowest BCUT2D eigenvalue weighted by molar-refractivity contribution is -0.129. The summed E-state index contributed by atoms with van der Waals surface area (Å²) in [4.78, 5) is 14.9. The summed E-state index contributed by atoms with van der Waals surface area (Å²) < 4.78 is 10.5. The first-order valence-corrected chi connectivity index (χ1v) is 8.84. The largest absolute Gasteiger partial charge is 0.504 e. The number of nitrogens with zero attached hydrogens (tertiary/aromatic N) is 1. The number of piperidine rings is 1. The van der Waals surface area contributed by atoms with Crippen molar-refractivity contribution in [2.24, 2.45) is 11.8 Å². The SMILES string of the molecule is COc1c(O)c2c(c(O)c1OC)C1CC(=O)C(CC(C)C)CN1CC2. The van der Waals surface area contributed by atoms with Crippen LogP contribution in [0.25, 0.3) is 0 Å². The van der Waals surface area contributed by atoms with Gasteiger partial charge < -0.3 is 19.7 Å². The van der Waals surface area contributed by atoms with E-state index in [0.717, 1.165) is 13.0 Å². The predicted molar refractivity (Wildman–Crippen MR) is 93.5 cm³/mol. The number of fused-ring (bicyclic) bond motifs is 3. The van der Waals surface area contributed by atoms with Crippen LogP contribution in [0.4, 0.5) is 0 Å². The number of phenolic OH excluding ortho intramolecular Hbond substituents is 2. The van der Waals surface area contributed by atoms with Gasteiger partial charge in [0.1, 0.15) is 5.78 Å². The van der Waals surface area contributed by atoms with E-state index >= 15 is 0 Å². The molecular formula is C19H27NO5. The summed E-state index contributed by atoms with van der Waals surface area (Å²) in [6.45, 7) is 5.72. The first-order chi connectivity index (χ1) is 11.9. The van der Waals surface area contributed by atoms with E-state index in [1.807, 2.05) is 0 Å². The molecule has 1 aromatic rings. The zero-order chi connectivity index (χ0) is 18.3. The van der Waals surface area contributed by atoms with E-state index in [-0.39, 0.29) is 40.7 Å². The van der Waals surface area contributed by atoms with Gasteiger partial charge in [-0.05, 0) is 18.8 Å². The van der Waals surface area contributed by atoms with Gasteiger partial charge in [-0.3, -0.25) is 9.69 Å². The van der Waals surface area contributed by atoms with Crippen molar-refractivity contribution in [2.75, 3.05) is 27.3 Å². The van der Waals surface area contributed by atoms with Crippen molar-refractivity contribution in [3.8, 4) is 23.0 Å². The number of hydrogen-bond donors (Lipinski definition) is 2. The molecule has 2 heterocycles. The molecule has 2 aliphatic heterocycles. The number of ketones is 1. The average Bonchev–Trinajstić information content (AvgIpc) is 2.57. The van der Waals surface area contributed by atoms with Crippen molar-refractivity contribution < 1.29 is 24.5 Å². The van der Waals surface area contributed by atoms with Crippen molar-refractivity contribution >= 4 is 5.78 Å². The van der Waals surface area contributed by atoms with Gasteiger partial charge in [0.15, 0.2) is 11.5 Å². The molecule has 2 atom stereocenters. The Balaban J connectivity index is 2.02. The quantitative estimate of drug-likeness (QED) is 0.814. The molecule has 3 rings (SSSR count). The third-order valence-electron chi connectivity index (χ3n) is 5.39. The van der Waals surface area contributed by atoms with Gasteiger partial charge in [-0.2, -0.15) is 0 Å². The first kappa shape index (κ1) is 17.9. The van der Waals surface area contributed by atoms with Crippen LogP contribution in [-0.4, -0.2) is 48.2 Å². The van der Waals surface area contributed by atoms with Crippen LogP contribution in [-0.2, 0) is 11.2 Å². The van der Waals surface area contributed by atoms with Crippen molar-refractivity contribution in [1.29, 1.82) is 0 Å². The first-order valence-electron chi connectivity index (χ1n) is 8.84. The van der Waals surface area contributed by atoms with E-state index in [4.69, 9.17) is 9.47 Å². The minimum absolute atomic E-state index is 0.00329. The van der Waals surface area contributed by atoms with Crippen LogP contribution in [0.3, 0.4) is 0 Å². The molecule has 6 nitrogen and oxygen atoms in total. The number of methoxy groups -OCH3 is 2. The zero-order valence-corrected chi connectivity index (χ0v) is 15.3. The highest BCUT2D eigenvalue weighted by Crippen LogP contribution is 2.54. The minimum Gasteiger partial charge on any atom is -0.504 e. The van der Waals surface area contributed by atoms with E-state index in [0.29, 0.717) is 36.4 Å². The molecule has 0 radical (unpaired) electrons. The van der Waals surface area contributed by atoms with Crippen LogP contribution >= 0.6 is 0 Å². The van der Waals surface area contributed by atoms with Gasteiger partial charge in [0, 0.05) is 42.6 Å². The minimum atomic E-state index is -0.217. The molecule has 1 aromatic carbocycles. The fourth-order valence-electron chi connectivity index (χ4n) is 4.30. The Morgan fingerprint density at radius 2 is 1.80 bits per heavy atom. The molecule has 1 fully saturated rings. The highest BCUT2D eigenvalue weighted by atomic mass is 16.5. The van der Waals surface area contributed by atoms with Gasteiger partial charge in [0.2, 0.25) is 11.5 Å². The molecule has 0 amide bonds. The molecule has 138 valence electrons. The second-order valence-electron chi connectivity index (χ2n) is 7.41. The third kappa shape index (κ3) is 2.92. The lowest BCUT2D eigenvalue weighted by Gasteiger charge is -2.43. The van der Waals surface area contributed by atoms with Crippen molar-refractivity contribution in [3.63, 3.8) is 0 Å². The Labute approximate surface area is 148 Å². The number of carbonyl (C=O) groups excluding carboxylic acids is 1. The zero-order valence-electron chi connectivity index (χ0n) is 15.3. The number of hydrogen-bond acceptors (Lipinski definition) is 6. The van der Waals surface area contributed by atoms with Gasteiger partial charge in [0.25, 0.3) is 0 Å². The molecule has 2 aliphatic rings. The molecule has 2 N–H and O–H groups in total. The maximum Gasteiger partial charge on any atom is 0.207 e. The molecule has 0 saturated carbocycles. The molecule has 0 spiro atoms. The molecular weight excluding hydrogens is 322 g/mol. The molecule has 6 heteroatoms. The van der Waals surface area contributed by atoms with Gasteiger partial charge in [0.05, 0.1) is 14.2 Å². The van der Waals surface area contributed by atoms with Gasteiger partial charge in [-0.25, -0.2) is 0 Å². The third-order valence-corrected chi connectivity index (χ3v) is 5.39. The average molecular weight is 349 g/mol. The summed E-state index contributed by atoms with van der Waals surface area (Å²) in [6, 6.07) is -0.217. The fourth-order valence-corrected chi connectivity index (χ4v) is 4.30. The van der Waals surface area contributed by atoms with Crippen LogP contribution in [0.5, 0.6) is 23.0 Å². The summed E-state index contributed by atoms with van der Waals surface area (Å²) >= 11 is 0. The fraction of sp³-hybridized carbons (Fsp3) is 0.632. The second kappa shape index (κ2) is 6.75. The van der Waals surface area contributed by atoms with E-state index in [1.54, 1.807) is 0 Å². The van der Waals surface area contributed by atoms with Crippen LogP contribution in [0.1, 0.15) is 43.9 Å². The summed E-state index contributed by atoms with van der Waals surface area (Å²) in [6.07, 6.45) is 1.85. The number of ether oxygens (including phenoxy) is 2. The van der Waals surface area contributed by atoms with Crippen molar-refractivity contribution in [1.82, 2.24) is 4.90 Å². The molecule has 2 unspecified atom stereocenters. The van der Waals surface area contributed by atoms with Gasteiger partial charge in [-0.1, -0.05) is 13.8 Å². The monoisotopic (exact) mass is 349 g/mol. The highest BCUT2D eigenvalue weighted by Gasteiger charge is 2.42. The van der Waals surface area contributed by atoms with Crippen LogP contribution in [0.15, 0.2) is 0 Å². The standard InChI is InChI=1S/C19H27NO5/c1-10(2)7-11-9-20-6-5-12-15(13(20)8-14(11)21)17(23)19(25-4)18(24-3)16(12)22/h10-11,13,22-23H,5-9H2,1-4H3. The second-order valence-corrected chi connectivity index (χ2v) is 7.41. The topological polar surface area (TPSA) is 79.2 Å². The number of carbonyl (C=O) groups is 1. The molecule has 0 bridgehead atoms. The smallest absolute Gasteiger partial charge is 0.207 e. The maximum atomic E-state index is 12.6. The Kier molecular flexibility index (Phi) is 4.82. The lowest BCUT2D eigenvalue weighted by Crippen LogP contribution is -2.46. The number of rotatable bonds is 4. The molecule has 25 heavy (non-hydrogen) atoms. The summed E-state index contributed by atoms with van der Waals surface area (Å²) in [5.41, 5.74) is 1.27.